The zero-order valence-electron chi connectivity index (χ0n) is 15.4. The number of nitrogens with zero attached hydrogens (tertiary/aromatic N) is 1. The van der Waals surface area contributed by atoms with Gasteiger partial charge in [0, 0.05) is 18.6 Å². The lowest BCUT2D eigenvalue weighted by Gasteiger charge is -2.16. The number of alkyl carbamates (subject to hydrolysis) is 1. The van der Waals surface area contributed by atoms with E-state index in [2.05, 4.69) is 10.6 Å². The van der Waals surface area contributed by atoms with Crippen LogP contribution in [0.1, 0.15) is 11.1 Å². The lowest BCUT2D eigenvalue weighted by Crippen LogP contribution is -2.49. The molecule has 4 N–H and O–H groups in total. The highest BCUT2D eigenvalue weighted by atomic mass is 16.6. The van der Waals surface area contributed by atoms with Crippen molar-refractivity contribution in [3.63, 3.8) is 0 Å². The third-order valence-electron chi connectivity index (χ3n) is 3.87. The fourth-order valence-corrected chi connectivity index (χ4v) is 2.38. The summed E-state index contributed by atoms with van der Waals surface area (Å²) in [5.74, 6) is -1.41. The maximum absolute atomic E-state index is 12.0. The first-order chi connectivity index (χ1) is 13.8. The molecule has 0 aliphatic carbocycles. The second kappa shape index (κ2) is 10.4. The van der Waals surface area contributed by atoms with E-state index in [1.807, 2.05) is 6.07 Å². The van der Waals surface area contributed by atoms with Gasteiger partial charge in [0.1, 0.15) is 19.2 Å². The average Bonchev–Trinajstić information content (AvgIpc) is 2.71. The Balaban J connectivity index is 1.80. The standard InChI is InChI=1S/C19H20N4O6/c20-18(25)16(10-13-6-8-15(9-7-13)23(27)28)22-17(24)11-21-19(26)29-12-14-4-2-1-3-5-14/h1-9,16H,10-12H2,(H2,20,25)(H,21,26)(H,22,24)/t16-/m1/s1. The van der Waals surface area contributed by atoms with Crippen molar-refractivity contribution in [2.45, 2.75) is 19.1 Å². The van der Waals surface area contributed by atoms with Crippen molar-refractivity contribution in [3.8, 4) is 0 Å². The molecule has 0 unspecified atom stereocenters. The van der Waals surface area contributed by atoms with Gasteiger partial charge >= 0.3 is 6.09 Å². The fourth-order valence-electron chi connectivity index (χ4n) is 2.38. The number of nitrogens with two attached hydrogens (primary N) is 1. The summed E-state index contributed by atoms with van der Waals surface area (Å²) in [6, 6.07) is 13.5. The predicted molar refractivity (Wildman–Crippen MR) is 103 cm³/mol. The number of carbonyl (C=O) groups is 3. The van der Waals surface area contributed by atoms with Gasteiger partial charge in [-0.15, -0.1) is 0 Å². The first-order valence-corrected chi connectivity index (χ1v) is 8.61. The molecule has 3 amide bonds. The fraction of sp³-hybridized carbons (Fsp3) is 0.211. The molecule has 10 heteroatoms. The van der Waals surface area contributed by atoms with Gasteiger partial charge in [0.2, 0.25) is 11.8 Å². The van der Waals surface area contributed by atoms with E-state index >= 15 is 0 Å². The van der Waals surface area contributed by atoms with Gasteiger partial charge in [-0.3, -0.25) is 19.7 Å². The van der Waals surface area contributed by atoms with Crippen LogP contribution in [0.15, 0.2) is 54.6 Å². The van der Waals surface area contributed by atoms with Gasteiger partial charge < -0.3 is 21.1 Å². The Kier molecular flexibility index (Phi) is 7.66. The van der Waals surface area contributed by atoms with E-state index in [-0.39, 0.29) is 18.7 Å². The molecule has 152 valence electrons. The number of hydrogen-bond acceptors (Lipinski definition) is 6. The van der Waals surface area contributed by atoms with Gasteiger partial charge in [0.25, 0.3) is 5.69 Å². The van der Waals surface area contributed by atoms with Crippen LogP contribution in [0.3, 0.4) is 0 Å². The maximum Gasteiger partial charge on any atom is 0.407 e. The summed E-state index contributed by atoms with van der Waals surface area (Å²) < 4.78 is 4.98. The Hall–Kier alpha value is -3.95. The molecule has 29 heavy (non-hydrogen) atoms. The van der Waals surface area contributed by atoms with Crippen LogP contribution in [0.25, 0.3) is 0 Å². The van der Waals surface area contributed by atoms with Crippen molar-refractivity contribution in [2.24, 2.45) is 5.73 Å². The number of ether oxygens (including phenoxy) is 1. The Bertz CT molecular complexity index is 870. The first-order valence-electron chi connectivity index (χ1n) is 8.61. The minimum Gasteiger partial charge on any atom is -0.445 e. The van der Waals surface area contributed by atoms with Crippen molar-refractivity contribution in [2.75, 3.05) is 6.54 Å². The number of hydrogen-bond donors (Lipinski definition) is 3. The minimum absolute atomic E-state index is 0.0531. The Morgan fingerprint density at radius 1 is 1.03 bits per heavy atom. The largest absolute Gasteiger partial charge is 0.445 e. The number of nitro benzene ring substituents is 1. The molecule has 2 rings (SSSR count). The van der Waals surface area contributed by atoms with Crippen molar-refractivity contribution in [3.05, 3.63) is 75.8 Å². The molecule has 0 radical (unpaired) electrons. The number of nitro groups is 1. The molecule has 0 saturated carbocycles. The van der Waals surface area contributed by atoms with Crippen LogP contribution in [0.4, 0.5) is 10.5 Å². The van der Waals surface area contributed by atoms with Crippen LogP contribution in [-0.2, 0) is 27.4 Å². The van der Waals surface area contributed by atoms with Crippen LogP contribution in [0, 0.1) is 10.1 Å². The third-order valence-corrected chi connectivity index (χ3v) is 3.87. The van der Waals surface area contributed by atoms with E-state index < -0.39 is 35.4 Å². The number of amides is 3. The number of nitrogens with one attached hydrogen (secondary N) is 2. The molecule has 2 aromatic carbocycles. The quantitative estimate of drug-likeness (QED) is 0.422. The van der Waals surface area contributed by atoms with E-state index in [1.165, 1.54) is 24.3 Å². The lowest BCUT2D eigenvalue weighted by atomic mass is 10.0. The van der Waals surface area contributed by atoms with Gasteiger partial charge in [-0.05, 0) is 11.1 Å². The zero-order valence-corrected chi connectivity index (χ0v) is 15.4. The zero-order chi connectivity index (χ0) is 21.2. The van der Waals surface area contributed by atoms with Gasteiger partial charge in [-0.25, -0.2) is 4.79 Å². The number of carbonyl (C=O) groups excluding carboxylic acids is 3. The molecule has 0 aliphatic heterocycles. The third kappa shape index (κ3) is 7.29. The highest BCUT2D eigenvalue weighted by Crippen LogP contribution is 2.13. The molecule has 0 fully saturated rings. The Morgan fingerprint density at radius 2 is 1.69 bits per heavy atom. The van der Waals surface area contributed by atoms with E-state index in [9.17, 15) is 24.5 Å². The molecule has 1 atom stereocenters. The maximum atomic E-state index is 12.0. The molecule has 10 nitrogen and oxygen atoms in total. The summed E-state index contributed by atoms with van der Waals surface area (Å²) in [5.41, 5.74) is 6.59. The van der Waals surface area contributed by atoms with Crippen LogP contribution in [0.2, 0.25) is 0 Å². The number of primary amides is 1. The van der Waals surface area contributed by atoms with Crippen molar-refractivity contribution in [1.82, 2.24) is 10.6 Å². The lowest BCUT2D eigenvalue weighted by molar-refractivity contribution is -0.384. The summed E-state index contributed by atoms with van der Waals surface area (Å²) >= 11 is 0. The number of non-ortho nitro benzene ring substituents is 1. The normalized spacial score (nSPS) is 11.2. The predicted octanol–water partition coefficient (Wildman–Crippen LogP) is 1.03. The molecular formula is C19H20N4O6. The van der Waals surface area contributed by atoms with E-state index in [4.69, 9.17) is 10.5 Å². The summed E-state index contributed by atoms with van der Waals surface area (Å²) in [6.45, 7) is -0.351. The van der Waals surface area contributed by atoms with Gasteiger partial charge in [0.15, 0.2) is 0 Å². The first kappa shape index (κ1) is 21.4. The van der Waals surface area contributed by atoms with Crippen molar-refractivity contribution in [1.29, 1.82) is 0 Å². The molecule has 0 heterocycles. The second-order valence-electron chi connectivity index (χ2n) is 6.07. The van der Waals surface area contributed by atoms with Crippen LogP contribution < -0.4 is 16.4 Å². The molecule has 0 bridgehead atoms. The molecule has 0 saturated heterocycles. The summed E-state index contributed by atoms with van der Waals surface area (Å²) in [6.07, 6.45) is -0.729. The summed E-state index contributed by atoms with van der Waals surface area (Å²) in [7, 11) is 0. The van der Waals surface area contributed by atoms with Crippen molar-refractivity contribution >= 4 is 23.6 Å². The van der Waals surface area contributed by atoms with Gasteiger partial charge in [0.05, 0.1) is 4.92 Å². The second-order valence-corrected chi connectivity index (χ2v) is 6.07. The highest BCUT2D eigenvalue weighted by Gasteiger charge is 2.19. The smallest absolute Gasteiger partial charge is 0.407 e. The average molecular weight is 400 g/mol. The summed E-state index contributed by atoms with van der Waals surface area (Å²) in [5, 5.41) is 15.4. The minimum atomic E-state index is -1.04. The van der Waals surface area contributed by atoms with E-state index in [0.717, 1.165) is 5.56 Å². The van der Waals surface area contributed by atoms with E-state index in [1.54, 1.807) is 24.3 Å². The van der Waals surface area contributed by atoms with E-state index in [0.29, 0.717) is 5.56 Å². The molecule has 2 aromatic rings. The molecule has 0 spiro atoms. The SMILES string of the molecule is NC(=O)[C@@H](Cc1ccc([N+](=O)[O-])cc1)NC(=O)CNC(=O)OCc1ccccc1. The molecular weight excluding hydrogens is 380 g/mol. The number of rotatable bonds is 9. The van der Waals surface area contributed by atoms with Crippen LogP contribution in [-0.4, -0.2) is 35.4 Å². The van der Waals surface area contributed by atoms with Gasteiger partial charge in [-0.2, -0.15) is 0 Å². The number of benzene rings is 2. The van der Waals surface area contributed by atoms with Crippen LogP contribution in [0.5, 0.6) is 0 Å². The van der Waals surface area contributed by atoms with Gasteiger partial charge in [-0.1, -0.05) is 42.5 Å². The monoisotopic (exact) mass is 400 g/mol. The molecule has 0 aromatic heterocycles. The topological polar surface area (TPSA) is 154 Å². The summed E-state index contributed by atoms with van der Waals surface area (Å²) in [4.78, 5) is 45.4. The molecule has 0 aliphatic rings. The van der Waals surface area contributed by atoms with Crippen LogP contribution >= 0.6 is 0 Å². The Labute approximate surface area is 166 Å². The Morgan fingerprint density at radius 3 is 2.28 bits per heavy atom. The van der Waals surface area contributed by atoms with Crippen molar-refractivity contribution < 1.29 is 24.0 Å². The highest BCUT2D eigenvalue weighted by molar-refractivity contribution is 5.88.